The Balaban J connectivity index is 1.62. The van der Waals surface area contributed by atoms with E-state index in [-0.39, 0.29) is 11.4 Å². The molecule has 1 amide bonds. The van der Waals surface area contributed by atoms with Crippen molar-refractivity contribution in [1.82, 2.24) is 19.3 Å². The first-order valence-electron chi connectivity index (χ1n) is 9.81. The first-order chi connectivity index (χ1) is 14.0. The van der Waals surface area contributed by atoms with Crippen LogP contribution in [0.2, 0.25) is 0 Å². The zero-order valence-corrected chi connectivity index (χ0v) is 16.3. The van der Waals surface area contributed by atoms with Gasteiger partial charge in [0.25, 0.3) is 5.91 Å². The Morgan fingerprint density at radius 1 is 1.28 bits per heavy atom. The maximum absolute atomic E-state index is 12.8. The van der Waals surface area contributed by atoms with Crippen LogP contribution in [0.3, 0.4) is 0 Å². The van der Waals surface area contributed by atoms with Gasteiger partial charge in [-0.2, -0.15) is 5.10 Å². The van der Waals surface area contributed by atoms with Crippen molar-refractivity contribution in [1.29, 1.82) is 0 Å². The van der Waals surface area contributed by atoms with Gasteiger partial charge in [0, 0.05) is 7.05 Å². The van der Waals surface area contributed by atoms with Gasteiger partial charge in [-0.25, -0.2) is 4.98 Å². The van der Waals surface area contributed by atoms with E-state index in [2.05, 4.69) is 15.4 Å². The molecule has 1 aromatic carbocycles. The number of nitrogens with zero attached hydrogens (tertiary/aromatic N) is 5. The van der Waals surface area contributed by atoms with Crippen molar-refractivity contribution in [3.8, 4) is 0 Å². The molecule has 1 saturated heterocycles. The van der Waals surface area contributed by atoms with Crippen LogP contribution < -0.4 is 10.2 Å². The number of likely N-dealkylation sites (tertiary alicyclic amines) is 1. The number of anilines is 1. The molecule has 2 N–H and O–H groups in total. The molecule has 29 heavy (non-hydrogen) atoms. The van der Waals surface area contributed by atoms with E-state index in [9.17, 15) is 14.9 Å². The minimum atomic E-state index is -0.607. The van der Waals surface area contributed by atoms with Gasteiger partial charge < -0.3 is 9.47 Å². The number of piperidine rings is 1. The summed E-state index contributed by atoms with van der Waals surface area (Å²) in [5, 5.41) is 17.8. The molecule has 2 aromatic heterocycles. The molecule has 1 aliphatic heterocycles. The third kappa shape index (κ3) is 3.83. The molecule has 0 atom stereocenters. The van der Waals surface area contributed by atoms with Crippen molar-refractivity contribution in [3.05, 3.63) is 46.3 Å². The van der Waals surface area contributed by atoms with Crippen LogP contribution in [-0.4, -0.2) is 49.8 Å². The van der Waals surface area contributed by atoms with E-state index in [4.69, 9.17) is 0 Å². The number of aromatic nitrogens is 4. The van der Waals surface area contributed by atoms with E-state index in [1.807, 2.05) is 28.8 Å². The van der Waals surface area contributed by atoms with Gasteiger partial charge in [0.1, 0.15) is 6.20 Å². The number of carbonyl (C=O) groups excluding carboxylic acids is 1. The van der Waals surface area contributed by atoms with Gasteiger partial charge in [0.15, 0.2) is 0 Å². The zero-order chi connectivity index (χ0) is 20.4. The highest BCUT2D eigenvalue weighted by Gasteiger charge is 2.27. The third-order valence-electron chi connectivity index (χ3n) is 5.46. The molecule has 0 bridgehead atoms. The zero-order valence-electron chi connectivity index (χ0n) is 16.3. The smallest absolute Gasteiger partial charge is 0.320 e. The number of amides is 1. The molecule has 0 spiro atoms. The number of imidazole rings is 1. The van der Waals surface area contributed by atoms with E-state index in [0.29, 0.717) is 12.5 Å². The summed E-state index contributed by atoms with van der Waals surface area (Å²) in [5.74, 6) is -0.207. The standard InChI is InChI=1S/C19H23N7O3/c1-23-17(16(13-20-23)26(28)29)18(27)22-19-21-14-7-3-4-8-15(14)25(19)12-11-24-9-5-2-6-10-24/h3-4,7-8,13H,2,5-6,9-12H2,1H3,(H,21,22,27)/p+1. The van der Waals surface area contributed by atoms with Crippen molar-refractivity contribution in [3.63, 3.8) is 0 Å². The van der Waals surface area contributed by atoms with E-state index in [0.717, 1.165) is 36.9 Å². The lowest BCUT2D eigenvalue weighted by atomic mass is 10.1. The fraction of sp³-hybridized carbons (Fsp3) is 0.421. The average Bonchev–Trinajstić information content (AvgIpc) is 3.27. The van der Waals surface area contributed by atoms with Crippen LogP contribution >= 0.6 is 0 Å². The summed E-state index contributed by atoms with van der Waals surface area (Å²) in [5.41, 5.74) is 1.27. The lowest BCUT2D eigenvalue weighted by Crippen LogP contribution is -3.13. The monoisotopic (exact) mass is 398 g/mol. The number of benzene rings is 1. The quantitative estimate of drug-likeness (QED) is 0.475. The molecule has 152 valence electrons. The number of fused-ring (bicyclic) bond motifs is 1. The van der Waals surface area contributed by atoms with Crippen LogP contribution in [0.25, 0.3) is 11.0 Å². The summed E-state index contributed by atoms with van der Waals surface area (Å²) >= 11 is 0. The number of para-hydroxylation sites is 2. The highest BCUT2D eigenvalue weighted by molar-refractivity contribution is 6.05. The number of hydrogen-bond acceptors (Lipinski definition) is 5. The van der Waals surface area contributed by atoms with Crippen LogP contribution in [0.5, 0.6) is 0 Å². The van der Waals surface area contributed by atoms with Gasteiger partial charge in [-0.1, -0.05) is 12.1 Å². The van der Waals surface area contributed by atoms with Crippen molar-refractivity contribution in [2.75, 3.05) is 25.0 Å². The van der Waals surface area contributed by atoms with Gasteiger partial charge >= 0.3 is 5.69 Å². The van der Waals surface area contributed by atoms with Crippen molar-refractivity contribution in [2.45, 2.75) is 25.8 Å². The van der Waals surface area contributed by atoms with E-state index >= 15 is 0 Å². The number of nitrogens with one attached hydrogen (secondary N) is 2. The molecule has 10 heteroatoms. The molecule has 0 radical (unpaired) electrons. The second-order valence-electron chi connectivity index (χ2n) is 7.35. The number of quaternary nitrogens is 1. The van der Waals surface area contributed by atoms with Gasteiger partial charge in [-0.05, 0) is 31.4 Å². The highest BCUT2D eigenvalue weighted by Crippen LogP contribution is 2.22. The van der Waals surface area contributed by atoms with Crippen molar-refractivity contribution in [2.24, 2.45) is 7.05 Å². The van der Waals surface area contributed by atoms with Crippen molar-refractivity contribution < 1.29 is 14.6 Å². The molecule has 3 aromatic rings. The topological polar surface area (TPSA) is 112 Å². The molecule has 10 nitrogen and oxygen atoms in total. The largest absolute Gasteiger partial charge is 0.333 e. The summed E-state index contributed by atoms with van der Waals surface area (Å²) in [6, 6.07) is 7.69. The fourth-order valence-electron chi connectivity index (χ4n) is 3.95. The number of rotatable bonds is 6. The van der Waals surface area contributed by atoms with E-state index in [1.54, 1.807) is 4.90 Å². The lowest BCUT2D eigenvalue weighted by Gasteiger charge is -2.24. The highest BCUT2D eigenvalue weighted by atomic mass is 16.6. The Bertz CT molecular complexity index is 1050. The number of hydrogen-bond donors (Lipinski definition) is 2. The van der Waals surface area contributed by atoms with Gasteiger partial charge in [-0.3, -0.25) is 24.9 Å². The Morgan fingerprint density at radius 3 is 2.79 bits per heavy atom. The molecular weight excluding hydrogens is 374 g/mol. The second-order valence-corrected chi connectivity index (χ2v) is 7.35. The maximum atomic E-state index is 12.8. The van der Waals surface area contributed by atoms with Gasteiger partial charge in [0.05, 0.1) is 42.1 Å². The van der Waals surface area contributed by atoms with Crippen LogP contribution in [0, 0.1) is 10.1 Å². The molecule has 0 unspecified atom stereocenters. The molecule has 3 heterocycles. The SMILES string of the molecule is Cn1ncc([N+](=O)[O-])c1C(=O)Nc1nc2ccccc2n1CC[NH+]1CCCCC1. The minimum Gasteiger partial charge on any atom is -0.333 e. The Morgan fingerprint density at radius 2 is 2.03 bits per heavy atom. The van der Waals surface area contributed by atoms with E-state index < -0.39 is 10.8 Å². The Kier molecular flexibility index (Phi) is 5.26. The molecule has 1 aliphatic rings. The van der Waals surface area contributed by atoms with Crippen LogP contribution in [0.15, 0.2) is 30.5 Å². The fourth-order valence-corrected chi connectivity index (χ4v) is 3.95. The Labute approximate surface area is 167 Å². The summed E-state index contributed by atoms with van der Waals surface area (Å²) in [7, 11) is 1.50. The van der Waals surface area contributed by atoms with Crippen LogP contribution in [0.4, 0.5) is 11.6 Å². The first-order valence-corrected chi connectivity index (χ1v) is 9.81. The molecule has 0 aliphatic carbocycles. The van der Waals surface area contributed by atoms with Gasteiger partial charge in [-0.15, -0.1) is 0 Å². The summed E-state index contributed by atoms with van der Waals surface area (Å²) in [4.78, 5) is 29.5. The van der Waals surface area contributed by atoms with Crippen LogP contribution in [-0.2, 0) is 13.6 Å². The van der Waals surface area contributed by atoms with Crippen molar-refractivity contribution >= 4 is 28.6 Å². The average molecular weight is 398 g/mol. The lowest BCUT2D eigenvalue weighted by molar-refractivity contribution is -0.905. The molecule has 0 saturated carbocycles. The molecule has 1 fully saturated rings. The minimum absolute atomic E-state index is 0.102. The molecule has 4 rings (SSSR count). The number of carbonyl (C=O) groups is 1. The normalized spacial score (nSPS) is 14.9. The third-order valence-corrected chi connectivity index (χ3v) is 5.46. The summed E-state index contributed by atoms with van der Waals surface area (Å²) < 4.78 is 3.19. The summed E-state index contributed by atoms with van der Waals surface area (Å²) in [6.07, 6.45) is 4.86. The summed E-state index contributed by atoms with van der Waals surface area (Å²) in [6.45, 7) is 3.97. The molecular formula is C19H24N7O3+. The van der Waals surface area contributed by atoms with Gasteiger partial charge in [0.2, 0.25) is 11.6 Å². The van der Waals surface area contributed by atoms with E-state index in [1.165, 1.54) is 31.0 Å². The maximum Gasteiger partial charge on any atom is 0.320 e. The number of nitro groups is 1. The number of aryl methyl sites for hydroxylation is 1. The second kappa shape index (κ2) is 8.00. The predicted molar refractivity (Wildman–Crippen MR) is 107 cm³/mol. The Hall–Kier alpha value is -3.27. The predicted octanol–water partition coefficient (Wildman–Crippen LogP) is 0.999. The van der Waals surface area contributed by atoms with Crippen LogP contribution in [0.1, 0.15) is 29.8 Å². The first kappa shape index (κ1) is 19.1.